The van der Waals surface area contributed by atoms with E-state index >= 15 is 0 Å². The lowest BCUT2D eigenvalue weighted by Crippen LogP contribution is -2.64. The van der Waals surface area contributed by atoms with Crippen LogP contribution in [0.15, 0.2) is 18.2 Å². The normalized spacial score (nSPS) is 18.2. The first-order valence-electron chi connectivity index (χ1n) is 5.73. The van der Waals surface area contributed by atoms with Gasteiger partial charge in [0, 0.05) is 0 Å². The van der Waals surface area contributed by atoms with Crippen molar-refractivity contribution in [2.75, 3.05) is 11.4 Å². The largest absolute Gasteiger partial charge is 0.347 e. The zero-order chi connectivity index (χ0) is 14.2. The number of anilines is 1. The molecular formula is C13H13ClN2O3. The van der Waals surface area contributed by atoms with Gasteiger partial charge in [-0.15, -0.1) is 0 Å². The number of imide groups is 1. The van der Waals surface area contributed by atoms with Crippen LogP contribution in [0.1, 0.15) is 24.2 Å². The fourth-order valence-corrected chi connectivity index (χ4v) is 2.26. The Balaban J connectivity index is 2.56. The van der Waals surface area contributed by atoms with Gasteiger partial charge in [-0.3, -0.25) is 19.7 Å². The molecule has 0 radical (unpaired) electrons. The standard InChI is InChI=1S/C13H13ClN2O3/c1-13(2)12(19)15-11(18)6-16(13)10-5-3-4-9(14)8(10)7-17/h3-5,7H,6H2,1-2H3,(H,15,18,19). The fraction of sp³-hybridized carbons (Fsp3) is 0.308. The van der Waals surface area contributed by atoms with Crippen molar-refractivity contribution in [3.05, 3.63) is 28.8 Å². The van der Waals surface area contributed by atoms with Gasteiger partial charge in [0.2, 0.25) is 5.91 Å². The summed E-state index contributed by atoms with van der Waals surface area (Å²) in [6.45, 7) is 3.37. The summed E-state index contributed by atoms with van der Waals surface area (Å²) in [5.74, 6) is -0.804. The number of carbonyl (C=O) groups excluding carboxylic acids is 3. The maximum Gasteiger partial charge on any atom is 0.251 e. The second-order valence-corrected chi connectivity index (χ2v) is 5.22. The lowest BCUT2D eigenvalue weighted by Gasteiger charge is -2.42. The first-order chi connectivity index (χ1) is 8.87. The van der Waals surface area contributed by atoms with Gasteiger partial charge >= 0.3 is 0 Å². The molecule has 19 heavy (non-hydrogen) atoms. The predicted octanol–water partition coefficient (Wildman–Crippen LogP) is 1.39. The van der Waals surface area contributed by atoms with Gasteiger partial charge in [-0.25, -0.2) is 0 Å². The zero-order valence-electron chi connectivity index (χ0n) is 10.6. The number of hydrogen-bond acceptors (Lipinski definition) is 4. The molecule has 2 rings (SSSR count). The van der Waals surface area contributed by atoms with Gasteiger partial charge in [0.05, 0.1) is 22.8 Å². The number of piperazine rings is 1. The van der Waals surface area contributed by atoms with Gasteiger partial charge in [-0.1, -0.05) is 17.7 Å². The molecule has 0 spiro atoms. The Kier molecular flexibility index (Phi) is 3.32. The summed E-state index contributed by atoms with van der Waals surface area (Å²) in [5.41, 5.74) is -0.175. The van der Waals surface area contributed by atoms with Gasteiger partial charge < -0.3 is 4.90 Å². The minimum absolute atomic E-state index is 0.0000772. The van der Waals surface area contributed by atoms with Crippen LogP contribution in [0, 0.1) is 0 Å². The zero-order valence-corrected chi connectivity index (χ0v) is 11.3. The highest BCUT2D eigenvalue weighted by molar-refractivity contribution is 6.33. The predicted molar refractivity (Wildman–Crippen MR) is 71.4 cm³/mol. The number of nitrogens with zero attached hydrogens (tertiary/aromatic N) is 1. The van der Waals surface area contributed by atoms with E-state index in [9.17, 15) is 14.4 Å². The Bertz CT molecular complexity index is 569. The van der Waals surface area contributed by atoms with Crippen molar-refractivity contribution in [1.82, 2.24) is 5.32 Å². The summed E-state index contributed by atoms with van der Waals surface area (Å²) in [5, 5.41) is 2.57. The van der Waals surface area contributed by atoms with E-state index in [0.29, 0.717) is 17.0 Å². The second-order valence-electron chi connectivity index (χ2n) is 4.81. The average molecular weight is 281 g/mol. The molecule has 1 fully saturated rings. The van der Waals surface area contributed by atoms with Crippen LogP contribution in [-0.4, -0.2) is 30.2 Å². The van der Waals surface area contributed by atoms with Crippen LogP contribution in [0.2, 0.25) is 5.02 Å². The lowest BCUT2D eigenvalue weighted by molar-refractivity contribution is -0.135. The van der Waals surface area contributed by atoms with Crippen LogP contribution in [-0.2, 0) is 9.59 Å². The third-order valence-corrected chi connectivity index (χ3v) is 3.55. The molecule has 2 amide bonds. The molecule has 0 aromatic heterocycles. The number of halogens is 1. The molecule has 1 saturated heterocycles. The molecule has 0 aliphatic carbocycles. The molecule has 100 valence electrons. The summed E-state index contributed by atoms with van der Waals surface area (Å²) in [4.78, 5) is 36.2. The Morgan fingerprint density at radius 2 is 2.05 bits per heavy atom. The highest BCUT2D eigenvalue weighted by atomic mass is 35.5. The maximum atomic E-state index is 11.9. The molecular weight excluding hydrogens is 268 g/mol. The first-order valence-corrected chi connectivity index (χ1v) is 6.11. The van der Waals surface area contributed by atoms with Crippen LogP contribution in [0.3, 0.4) is 0 Å². The Labute approximate surface area is 115 Å². The minimum atomic E-state index is -0.934. The van der Waals surface area contributed by atoms with Crippen molar-refractivity contribution >= 4 is 35.4 Å². The summed E-state index contributed by atoms with van der Waals surface area (Å²) in [6.07, 6.45) is 0.630. The number of amides is 2. The topological polar surface area (TPSA) is 66.5 Å². The Morgan fingerprint density at radius 1 is 1.37 bits per heavy atom. The average Bonchev–Trinajstić information content (AvgIpc) is 2.34. The number of benzene rings is 1. The molecule has 1 aliphatic rings. The molecule has 6 heteroatoms. The number of rotatable bonds is 2. The third kappa shape index (κ3) is 2.21. The van der Waals surface area contributed by atoms with E-state index in [-0.39, 0.29) is 12.1 Å². The molecule has 1 aliphatic heterocycles. The smallest absolute Gasteiger partial charge is 0.251 e. The van der Waals surface area contributed by atoms with E-state index in [1.54, 1.807) is 36.9 Å². The molecule has 0 unspecified atom stereocenters. The Hall–Kier alpha value is -1.88. The minimum Gasteiger partial charge on any atom is -0.347 e. The quantitative estimate of drug-likeness (QED) is 0.657. The summed E-state index contributed by atoms with van der Waals surface area (Å²) in [6, 6.07) is 4.94. The third-order valence-electron chi connectivity index (χ3n) is 3.22. The SMILES string of the molecule is CC1(C)C(=O)NC(=O)CN1c1cccc(Cl)c1C=O. The first kappa shape index (κ1) is 13.5. The Morgan fingerprint density at radius 3 is 2.68 bits per heavy atom. The van der Waals surface area contributed by atoms with Crippen LogP contribution in [0.25, 0.3) is 0 Å². The molecule has 0 saturated carbocycles. The van der Waals surface area contributed by atoms with E-state index < -0.39 is 17.4 Å². The molecule has 1 aromatic rings. The summed E-state index contributed by atoms with van der Waals surface area (Å²) >= 11 is 5.97. The highest BCUT2D eigenvalue weighted by Crippen LogP contribution is 2.32. The van der Waals surface area contributed by atoms with Crippen molar-refractivity contribution in [3.8, 4) is 0 Å². The molecule has 1 aromatic carbocycles. The van der Waals surface area contributed by atoms with Gasteiger partial charge in [-0.2, -0.15) is 0 Å². The van der Waals surface area contributed by atoms with E-state index in [2.05, 4.69) is 5.32 Å². The highest BCUT2D eigenvalue weighted by Gasteiger charge is 2.41. The van der Waals surface area contributed by atoms with Crippen molar-refractivity contribution in [1.29, 1.82) is 0 Å². The summed E-state index contributed by atoms with van der Waals surface area (Å²) < 4.78 is 0. The van der Waals surface area contributed by atoms with Gasteiger partial charge in [0.1, 0.15) is 5.54 Å². The van der Waals surface area contributed by atoms with Crippen LogP contribution >= 0.6 is 11.6 Å². The monoisotopic (exact) mass is 280 g/mol. The van der Waals surface area contributed by atoms with Crippen LogP contribution in [0.4, 0.5) is 5.69 Å². The maximum absolute atomic E-state index is 11.9. The van der Waals surface area contributed by atoms with Crippen molar-refractivity contribution in [2.24, 2.45) is 0 Å². The van der Waals surface area contributed by atoms with Gasteiger partial charge in [0.25, 0.3) is 5.91 Å². The fourth-order valence-electron chi connectivity index (χ4n) is 2.05. The lowest BCUT2D eigenvalue weighted by atomic mass is 9.96. The number of hydrogen-bond donors (Lipinski definition) is 1. The molecule has 0 bridgehead atoms. The molecule has 1 heterocycles. The van der Waals surface area contributed by atoms with E-state index in [1.807, 2.05) is 0 Å². The number of carbonyl (C=O) groups is 3. The van der Waals surface area contributed by atoms with Crippen molar-refractivity contribution in [3.63, 3.8) is 0 Å². The van der Waals surface area contributed by atoms with Gasteiger partial charge in [-0.05, 0) is 26.0 Å². The van der Waals surface area contributed by atoms with Crippen molar-refractivity contribution in [2.45, 2.75) is 19.4 Å². The van der Waals surface area contributed by atoms with Crippen molar-refractivity contribution < 1.29 is 14.4 Å². The molecule has 0 atom stereocenters. The molecule has 5 nitrogen and oxygen atoms in total. The van der Waals surface area contributed by atoms with Crippen LogP contribution in [0.5, 0.6) is 0 Å². The molecule has 1 N–H and O–H groups in total. The second kappa shape index (κ2) is 4.66. The number of nitrogens with one attached hydrogen (secondary N) is 1. The summed E-state index contributed by atoms with van der Waals surface area (Å²) in [7, 11) is 0. The van der Waals surface area contributed by atoms with Gasteiger partial charge in [0.15, 0.2) is 6.29 Å². The van der Waals surface area contributed by atoms with E-state index in [1.165, 1.54) is 0 Å². The number of aldehydes is 1. The van der Waals surface area contributed by atoms with E-state index in [0.717, 1.165) is 0 Å². The van der Waals surface area contributed by atoms with Crippen LogP contribution < -0.4 is 10.2 Å². The van der Waals surface area contributed by atoms with E-state index in [4.69, 9.17) is 11.6 Å².